The number of halogens is 1. The number of rotatable bonds is 2. The summed E-state index contributed by atoms with van der Waals surface area (Å²) in [6.45, 7) is 1.29. The van der Waals surface area contributed by atoms with Gasteiger partial charge in [0.2, 0.25) is 5.91 Å². The van der Waals surface area contributed by atoms with Gasteiger partial charge in [-0.15, -0.1) is 0 Å². The van der Waals surface area contributed by atoms with E-state index in [2.05, 4.69) is 5.43 Å². The molecule has 1 aliphatic rings. The molecule has 19 heavy (non-hydrogen) atoms. The van der Waals surface area contributed by atoms with Gasteiger partial charge in [0.15, 0.2) is 4.32 Å². The molecule has 1 aliphatic heterocycles. The number of carbonyl (C=O) groups is 2. The second-order valence-corrected chi connectivity index (χ2v) is 5.41. The number of nitrogens with zero attached hydrogens (tertiary/aromatic N) is 1. The molecule has 0 bridgehead atoms. The van der Waals surface area contributed by atoms with Crippen molar-refractivity contribution < 1.29 is 14.0 Å². The zero-order valence-corrected chi connectivity index (χ0v) is 11.5. The standard InChI is InChI=1S/C12H9FN2O2S2/c1-7(16)14-15-11(17)10(19-12(15)18)6-8-2-4-9(13)5-3-8/h2-6H,1H3,(H,14,16)/b10-6+. The Morgan fingerprint density at radius 3 is 2.63 bits per heavy atom. The Hall–Kier alpha value is -1.73. The fourth-order valence-corrected chi connectivity index (χ4v) is 2.61. The third-order valence-electron chi connectivity index (χ3n) is 2.23. The molecule has 1 aromatic carbocycles. The molecule has 0 saturated carbocycles. The number of amides is 2. The van der Waals surface area contributed by atoms with Crippen LogP contribution in [0.25, 0.3) is 6.08 Å². The normalized spacial score (nSPS) is 17.2. The van der Waals surface area contributed by atoms with Gasteiger partial charge >= 0.3 is 0 Å². The molecule has 4 nitrogen and oxygen atoms in total. The predicted octanol–water partition coefficient (Wildman–Crippen LogP) is 2.08. The van der Waals surface area contributed by atoms with Crippen molar-refractivity contribution in [1.82, 2.24) is 10.4 Å². The van der Waals surface area contributed by atoms with Crippen molar-refractivity contribution in [1.29, 1.82) is 0 Å². The highest BCUT2D eigenvalue weighted by Gasteiger charge is 2.32. The van der Waals surface area contributed by atoms with Gasteiger partial charge in [-0.1, -0.05) is 23.9 Å². The van der Waals surface area contributed by atoms with Crippen molar-refractivity contribution >= 4 is 46.2 Å². The summed E-state index contributed by atoms with van der Waals surface area (Å²) in [7, 11) is 0. The Balaban J connectivity index is 2.23. The van der Waals surface area contributed by atoms with E-state index in [1.165, 1.54) is 19.1 Å². The number of thiocarbonyl (C=S) groups is 1. The van der Waals surface area contributed by atoms with Crippen molar-refractivity contribution in [3.63, 3.8) is 0 Å². The number of thioether (sulfide) groups is 1. The maximum absolute atomic E-state index is 12.8. The van der Waals surface area contributed by atoms with Gasteiger partial charge in [-0.05, 0) is 36.0 Å². The number of carbonyl (C=O) groups excluding carboxylic acids is 2. The van der Waals surface area contributed by atoms with Crippen LogP contribution in [0.15, 0.2) is 29.2 Å². The molecule has 7 heteroatoms. The van der Waals surface area contributed by atoms with Gasteiger partial charge in [-0.2, -0.15) is 5.01 Å². The zero-order chi connectivity index (χ0) is 14.0. The Morgan fingerprint density at radius 2 is 2.05 bits per heavy atom. The van der Waals surface area contributed by atoms with Gasteiger partial charge in [-0.25, -0.2) is 4.39 Å². The summed E-state index contributed by atoms with van der Waals surface area (Å²) in [4.78, 5) is 23.3. The number of nitrogens with one attached hydrogen (secondary N) is 1. The van der Waals surface area contributed by atoms with Crippen LogP contribution in [0.5, 0.6) is 0 Å². The highest BCUT2D eigenvalue weighted by Crippen LogP contribution is 2.31. The Kier molecular flexibility index (Phi) is 3.96. The minimum Gasteiger partial charge on any atom is -0.274 e. The summed E-state index contributed by atoms with van der Waals surface area (Å²) in [5, 5.41) is 1.03. The van der Waals surface area contributed by atoms with E-state index in [-0.39, 0.29) is 16.0 Å². The molecule has 1 saturated heterocycles. The van der Waals surface area contributed by atoms with Crippen molar-refractivity contribution in [2.75, 3.05) is 0 Å². The minimum absolute atomic E-state index is 0.258. The van der Waals surface area contributed by atoms with Gasteiger partial charge in [0, 0.05) is 6.92 Å². The molecule has 2 amide bonds. The topological polar surface area (TPSA) is 49.4 Å². The zero-order valence-electron chi connectivity index (χ0n) is 9.84. The van der Waals surface area contributed by atoms with Crippen LogP contribution >= 0.6 is 24.0 Å². The molecule has 0 aromatic heterocycles. The lowest BCUT2D eigenvalue weighted by Gasteiger charge is -2.13. The fraction of sp³-hybridized carbons (Fsp3) is 0.0833. The predicted molar refractivity (Wildman–Crippen MR) is 75.2 cm³/mol. The number of benzene rings is 1. The van der Waals surface area contributed by atoms with E-state index in [0.29, 0.717) is 10.5 Å². The first kappa shape index (κ1) is 13.7. The van der Waals surface area contributed by atoms with Crippen LogP contribution in [0.4, 0.5) is 4.39 Å². The first-order valence-electron chi connectivity index (χ1n) is 5.28. The molecule has 2 rings (SSSR count). The van der Waals surface area contributed by atoms with E-state index in [0.717, 1.165) is 16.8 Å². The van der Waals surface area contributed by atoms with Crippen LogP contribution in [0, 0.1) is 5.82 Å². The molecular weight excluding hydrogens is 287 g/mol. The molecule has 1 aromatic rings. The Bertz CT molecular complexity index is 584. The Morgan fingerprint density at radius 1 is 1.42 bits per heavy atom. The third-order valence-corrected chi connectivity index (χ3v) is 3.53. The summed E-state index contributed by atoms with van der Waals surface area (Å²) in [5.41, 5.74) is 3.03. The molecular formula is C12H9FN2O2S2. The summed E-state index contributed by atoms with van der Waals surface area (Å²) < 4.78 is 13.0. The molecule has 1 heterocycles. The molecule has 1 fully saturated rings. The van der Waals surface area contributed by atoms with Gasteiger partial charge in [0.1, 0.15) is 5.82 Å². The smallest absolute Gasteiger partial charge is 0.274 e. The number of hydrazine groups is 1. The largest absolute Gasteiger partial charge is 0.285 e. The van der Waals surface area contributed by atoms with E-state index in [9.17, 15) is 14.0 Å². The number of hydrogen-bond donors (Lipinski definition) is 1. The van der Waals surface area contributed by atoms with E-state index in [1.807, 2.05) is 0 Å². The summed E-state index contributed by atoms with van der Waals surface area (Å²) in [6, 6.07) is 5.72. The monoisotopic (exact) mass is 296 g/mol. The van der Waals surface area contributed by atoms with Crippen LogP contribution in [-0.2, 0) is 9.59 Å². The maximum atomic E-state index is 12.8. The molecule has 0 spiro atoms. The van der Waals surface area contributed by atoms with E-state index in [1.54, 1.807) is 18.2 Å². The first-order valence-corrected chi connectivity index (χ1v) is 6.50. The second kappa shape index (κ2) is 5.50. The molecule has 0 unspecified atom stereocenters. The van der Waals surface area contributed by atoms with Crippen molar-refractivity contribution in [2.45, 2.75) is 6.92 Å². The van der Waals surface area contributed by atoms with Crippen LogP contribution in [0.2, 0.25) is 0 Å². The highest BCUT2D eigenvalue weighted by molar-refractivity contribution is 8.26. The maximum Gasteiger partial charge on any atom is 0.285 e. The lowest BCUT2D eigenvalue weighted by Crippen LogP contribution is -2.43. The summed E-state index contributed by atoms with van der Waals surface area (Å²) in [6.07, 6.45) is 1.60. The van der Waals surface area contributed by atoms with Crippen LogP contribution in [0.3, 0.4) is 0 Å². The van der Waals surface area contributed by atoms with E-state index < -0.39 is 5.91 Å². The molecule has 1 N–H and O–H groups in total. The lowest BCUT2D eigenvalue weighted by atomic mass is 10.2. The van der Waals surface area contributed by atoms with Crippen molar-refractivity contribution in [3.05, 3.63) is 40.6 Å². The first-order chi connectivity index (χ1) is 8.97. The highest BCUT2D eigenvalue weighted by atomic mass is 32.2. The lowest BCUT2D eigenvalue weighted by molar-refractivity contribution is -0.131. The van der Waals surface area contributed by atoms with Gasteiger partial charge in [-0.3, -0.25) is 15.0 Å². The quantitative estimate of drug-likeness (QED) is 0.670. The van der Waals surface area contributed by atoms with E-state index >= 15 is 0 Å². The average molecular weight is 296 g/mol. The van der Waals surface area contributed by atoms with Crippen LogP contribution in [-0.4, -0.2) is 21.1 Å². The van der Waals surface area contributed by atoms with Gasteiger partial charge < -0.3 is 0 Å². The molecule has 0 atom stereocenters. The summed E-state index contributed by atoms with van der Waals surface area (Å²) >= 11 is 6.09. The third kappa shape index (κ3) is 3.18. The molecule has 0 radical (unpaired) electrons. The average Bonchev–Trinajstić information content (AvgIpc) is 2.60. The second-order valence-electron chi connectivity index (χ2n) is 3.74. The fourth-order valence-electron chi connectivity index (χ4n) is 1.43. The van der Waals surface area contributed by atoms with E-state index in [4.69, 9.17) is 12.2 Å². The minimum atomic E-state index is -0.394. The molecule has 98 valence electrons. The van der Waals surface area contributed by atoms with Gasteiger partial charge in [0.25, 0.3) is 5.91 Å². The van der Waals surface area contributed by atoms with Crippen molar-refractivity contribution in [3.8, 4) is 0 Å². The van der Waals surface area contributed by atoms with Crippen LogP contribution < -0.4 is 5.43 Å². The van der Waals surface area contributed by atoms with Crippen LogP contribution in [0.1, 0.15) is 12.5 Å². The Labute approximate surface area is 118 Å². The summed E-state index contributed by atoms with van der Waals surface area (Å²) in [5.74, 6) is -1.11. The molecule has 0 aliphatic carbocycles. The SMILES string of the molecule is CC(=O)NN1C(=O)/C(=C\c2ccc(F)cc2)SC1=S. The van der Waals surface area contributed by atoms with Gasteiger partial charge in [0.05, 0.1) is 4.91 Å². The van der Waals surface area contributed by atoms with Crippen molar-refractivity contribution in [2.24, 2.45) is 0 Å². The number of hydrogen-bond acceptors (Lipinski definition) is 4.